The number of benzene rings is 2. The zero-order chi connectivity index (χ0) is 69.6. The Morgan fingerprint density at radius 3 is 2.06 bits per heavy atom. The maximum atomic E-state index is 14.7. The lowest BCUT2D eigenvalue weighted by Gasteiger charge is -2.39. The van der Waals surface area contributed by atoms with E-state index in [1.165, 1.54) is 44.4 Å². The minimum atomic E-state index is -5.23. The van der Waals surface area contributed by atoms with E-state index in [1.807, 2.05) is 41.6 Å². The molecule has 5 aliphatic heterocycles. The number of amides is 7. The number of nitrogens with one attached hydrogen (secondary N) is 5. The maximum absolute atomic E-state index is 14.7. The van der Waals surface area contributed by atoms with Crippen molar-refractivity contribution < 1.29 is 91.2 Å². The Labute approximate surface area is 562 Å². The van der Waals surface area contributed by atoms with Crippen LogP contribution in [0, 0.1) is 11.8 Å². The zero-order valence-corrected chi connectivity index (χ0v) is 55.0. The van der Waals surface area contributed by atoms with E-state index in [9.17, 15) is 82.3 Å². The summed E-state index contributed by atoms with van der Waals surface area (Å²) in [4.78, 5) is 115. The van der Waals surface area contributed by atoms with Gasteiger partial charge >= 0.3 is 10.4 Å². The molecule has 0 radical (unpaired) electrons. The van der Waals surface area contributed by atoms with Crippen molar-refractivity contribution in [1.29, 1.82) is 0 Å². The predicted octanol–water partition coefficient (Wildman–Crippen LogP) is -3.01. The first-order valence-corrected chi connectivity index (χ1v) is 34.6. The molecule has 4 aromatic rings. The molecule has 15 N–H and O–H groups in total. The van der Waals surface area contributed by atoms with Gasteiger partial charge in [-0.15, -0.1) is 10.2 Å². The van der Waals surface area contributed by atoms with Gasteiger partial charge in [0.05, 0.1) is 61.3 Å². The van der Waals surface area contributed by atoms with E-state index in [2.05, 4.69) is 45.9 Å². The quantitative estimate of drug-likeness (QED) is 0.0441. The Kier molecular flexibility index (Phi) is 23.2. The number of piperidine rings is 1. The van der Waals surface area contributed by atoms with E-state index >= 15 is 0 Å². The Balaban J connectivity index is 0.832. The highest BCUT2D eigenvalue weighted by Gasteiger charge is 2.50. The molecule has 0 bridgehead atoms. The number of nitrogens with zero attached hydrogens (tertiary/aromatic N) is 8. The summed E-state index contributed by atoms with van der Waals surface area (Å²) in [6.07, 6.45) is -1.06. The van der Waals surface area contributed by atoms with Crippen LogP contribution in [-0.4, -0.2) is 257 Å². The van der Waals surface area contributed by atoms with Gasteiger partial charge in [-0.1, -0.05) is 67.9 Å². The van der Waals surface area contributed by atoms with Crippen LogP contribution >= 0.6 is 11.3 Å². The highest BCUT2D eigenvalue weighted by Crippen LogP contribution is 2.35. The Morgan fingerprint density at radius 1 is 0.742 bits per heavy atom. The third-order valence-electron chi connectivity index (χ3n) is 18.6. The monoisotopic (exact) mass is 1390 g/mol. The lowest BCUT2D eigenvalue weighted by atomic mass is 9.97. The van der Waals surface area contributed by atoms with Crippen LogP contribution in [0.3, 0.4) is 0 Å². The van der Waals surface area contributed by atoms with Crippen LogP contribution in [0.25, 0.3) is 21.7 Å². The van der Waals surface area contributed by atoms with Gasteiger partial charge in [0.25, 0.3) is 0 Å². The Hall–Kier alpha value is -7.84. The molecule has 2 aromatic carbocycles. The number of phenols is 1. The molecule has 1 unspecified atom stereocenters. The first-order chi connectivity index (χ1) is 46.2. The minimum Gasteiger partial charge on any atom is -0.504 e. The van der Waals surface area contributed by atoms with Gasteiger partial charge in [-0.25, -0.2) is 9.97 Å². The molecule has 5 saturated heterocycles. The number of phenolic OH excluding ortho intramolecular Hbond substituents is 1. The van der Waals surface area contributed by atoms with Crippen LogP contribution in [0.1, 0.15) is 83.6 Å². The van der Waals surface area contributed by atoms with E-state index in [-0.39, 0.29) is 24.1 Å². The van der Waals surface area contributed by atoms with Gasteiger partial charge in [0.2, 0.25) is 52.4 Å². The van der Waals surface area contributed by atoms with Gasteiger partial charge in [-0.2, -0.15) is 8.42 Å². The number of fused-ring (bicyclic) bond motifs is 2. The molecule has 33 nitrogen and oxygen atoms in total. The number of aliphatic hydroxyl groups is 6. The topological polar surface area (TPSA) is 485 Å². The fourth-order valence-electron chi connectivity index (χ4n) is 13.2. The van der Waals surface area contributed by atoms with Gasteiger partial charge in [-0.3, -0.25) is 38.1 Å². The number of nitrogens with two attached hydrogens (primary N) is 1. The molecule has 6 fully saturated rings. The number of carbonyl (C=O) groups excluding carboxylic acids is 7. The molecular formula is C62H84N14O19S2. The maximum Gasteiger partial charge on any atom is 0.446 e. The van der Waals surface area contributed by atoms with Gasteiger partial charge < -0.3 is 96.6 Å². The lowest BCUT2D eigenvalue weighted by Crippen LogP contribution is -2.64. The third-order valence-corrected chi connectivity index (χ3v) is 20.0. The molecule has 7 amide bonds. The second-order valence-electron chi connectivity index (χ2n) is 26.0. The van der Waals surface area contributed by atoms with Crippen molar-refractivity contribution in [3.8, 4) is 33.2 Å². The number of carbonyl (C=O) groups is 7. The first kappa shape index (κ1) is 71.9. The van der Waals surface area contributed by atoms with E-state index < -0.39 is 187 Å². The molecule has 528 valence electrons. The fourth-order valence-corrected chi connectivity index (χ4v) is 14.5. The summed E-state index contributed by atoms with van der Waals surface area (Å²) in [6, 6.07) is -0.491. The summed E-state index contributed by atoms with van der Waals surface area (Å²) in [5.41, 5.74) is 7.92. The Morgan fingerprint density at radius 2 is 1.39 bits per heavy atom. The van der Waals surface area contributed by atoms with Crippen molar-refractivity contribution in [2.24, 2.45) is 17.6 Å². The third kappa shape index (κ3) is 17.9. The van der Waals surface area contributed by atoms with Gasteiger partial charge in [0.15, 0.2) is 11.5 Å². The summed E-state index contributed by atoms with van der Waals surface area (Å²) < 4.78 is 43.3. The van der Waals surface area contributed by atoms with Crippen molar-refractivity contribution in [2.75, 3.05) is 62.2 Å². The van der Waals surface area contributed by atoms with Gasteiger partial charge in [0, 0.05) is 101 Å². The normalized spacial score (nSPS) is 27.5. The molecule has 6 aliphatic rings. The van der Waals surface area contributed by atoms with Crippen LogP contribution in [0.5, 0.6) is 11.5 Å². The van der Waals surface area contributed by atoms with Crippen LogP contribution in [-0.2, 0) is 55.1 Å². The SMILES string of the molecule is C[C@@H](O)[C@@H]1NC(=O)C(NCC2CN(c3nnc(-c4ccc(-c5cnc(N6CCC(OC7CCCCC7)CC6)nc5)cc4)s3)C2)C[C@@H](O)CNC(=O)[C@@H]2[C@@H](O)[C@@H](C)CN2C(=O)[C@H]([C@H](O)CC(N)=O)NC(=O)[C@H]([C@H](O)Cc2ccc(O)c(OS(=O)(=O)O)c2)NC(=O)[C@@H]2C[C@@H](O)CN2C1=O. The van der Waals surface area contributed by atoms with Crippen LogP contribution in [0.15, 0.2) is 54.9 Å². The molecule has 1 saturated carbocycles. The highest BCUT2D eigenvalue weighted by molar-refractivity contribution is 7.81. The smallest absolute Gasteiger partial charge is 0.446 e. The average Bonchev–Trinajstić information content (AvgIpc) is 1.72. The largest absolute Gasteiger partial charge is 0.504 e. The fraction of sp³-hybridized carbons (Fsp3) is 0.597. The number of anilines is 2. The number of aliphatic hydroxyl groups excluding tert-OH is 6. The van der Waals surface area contributed by atoms with E-state index in [1.54, 1.807) is 0 Å². The first-order valence-electron chi connectivity index (χ1n) is 32.5. The standard InChI is InChI=1S/C62H84N14O19S2/c1-31-27-76-52(53(31)84)57(88)65-26-38(78)20-42(64-23-34-28-74(29-34)62-72-71-58(96-62)36-11-9-35(10-12-36)37-24-66-61(67-25-37)73-16-14-41(15-17-73)94-40-6-4-3-5-7-40)54(85)68-49(32(2)77)59(89)75-30-39(79)21-43(75)55(86)69-50(56(87)70-51(60(76)90)46(82)22-48(63)83)45(81)18-33-8-13-44(80)47(19-33)95-97(91,92)93/h8-13,19,24-25,31-32,34,38-43,45-46,49-53,64,77-82,84H,3-7,14-18,20-23,26-30H2,1-2H3,(H2,63,83)(H,65,88)(H,68,85)(H,69,86)(H,70,87)(H,91,92,93)/t31-,32+,38+,39+,42?,43-,45+,46+,49-,50-,51-,52-,53-/m0/s1. The summed E-state index contributed by atoms with van der Waals surface area (Å²) in [5.74, 6) is -10.2. The summed E-state index contributed by atoms with van der Waals surface area (Å²) in [5, 5.41) is 102. The van der Waals surface area contributed by atoms with Crippen molar-refractivity contribution in [3.63, 3.8) is 0 Å². The van der Waals surface area contributed by atoms with Crippen molar-refractivity contribution in [2.45, 2.75) is 170 Å². The number of aromatic nitrogens is 4. The lowest BCUT2D eigenvalue weighted by molar-refractivity contribution is -0.147. The Bertz CT molecular complexity index is 3580. The molecule has 7 heterocycles. The van der Waals surface area contributed by atoms with E-state index in [4.69, 9.17) is 20.4 Å². The van der Waals surface area contributed by atoms with Crippen molar-refractivity contribution >= 4 is 74.2 Å². The van der Waals surface area contributed by atoms with Crippen LogP contribution in [0.2, 0.25) is 0 Å². The van der Waals surface area contributed by atoms with Gasteiger partial charge in [0.1, 0.15) is 35.2 Å². The van der Waals surface area contributed by atoms with E-state index in [0.29, 0.717) is 35.3 Å². The highest BCUT2D eigenvalue weighted by atomic mass is 32.3. The van der Waals surface area contributed by atoms with Crippen molar-refractivity contribution in [3.05, 3.63) is 60.4 Å². The number of primary amides is 1. The van der Waals surface area contributed by atoms with Gasteiger partial charge in [-0.05, 0) is 62.3 Å². The molecule has 1 aliphatic carbocycles. The molecule has 13 atom stereocenters. The number of hydrogen-bond donors (Lipinski definition) is 14. The minimum absolute atomic E-state index is 0.114. The molecule has 97 heavy (non-hydrogen) atoms. The molecule has 2 aromatic heterocycles. The van der Waals surface area contributed by atoms with Crippen LogP contribution in [0.4, 0.5) is 11.1 Å². The zero-order valence-electron chi connectivity index (χ0n) is 53.4. The number of ether oxygens (including phenoxy) is 1. The summed E-state index contributed by atoms with van der Waals surface area (Å²) >= 11 is 1.38. The number of aromatic hydroxyl groups is 1. The molecule has 35 heteroatoms. The predicted molar refractivity (Wildman–Crippen MR) is 345 cm³/mol. The number of rotatable bonds is 18. The van der Waals surface area contributed by atoms with Crippen LogP contribution < -0.4 is 46.3 Å². The number of hydrogen-bond acceptors (Lipinski definition) is 26. The second-order valence-corrected chi connectivity index (χ2v) is 28.0. The average molecular weight is 1390 g/mol. The molecular weight excluding hydrogens is 1310 g/mol. The summed E-state index contributed by atoms with van der Waals surface area (Å²) in [6.45, 7) is 3.80. The number of β-amino-alcohol motifs (C(OH)–C–C–N with tert-alkyl or cyclic N) is 1. The van der Waals surface area contributed by atoms with Crippen molar-refractivity contribution in [1.82, 2.24) is 56.5 Å². The molecule has 0 spiro atoms. The summed E-state index contributed by atoms with van der Waals surface area (Å²) in [7, 11) is -5.23. The van der Waals surface area contributed by atoms with E-state index in [0.717, 1.165) is 83.5 Å². The molecule has 10 rings (SSSR count). The second kappa shape index (κ2) is 31.4.